The van der Waals surface area contributed by atoms with Gasteiger partial charge in [-0.3, -0.25) is 14.5 Å². The van der Waals surface area contributed by atoms with Crippen molar-refractivity contribution in [1.82, 2.24) is 10.2 Å². The number of hydrogen-bond donors (Lipinski definition) is 1. The molecule has 7 heteroatoms. The highest BCUT2D eigenvalue weighted by atomic mass is 16.5. The van der Waals surface area contributed by atoms with Crippen molar-refractivity contribution in [1.29, 1.82) is 0 Å². The Balaban J connectivity index is 1.70. The Labute approximate surface area is 189 Å². The van der Waals surface area contributed by atoms with E-state index in [0.717, 1.165) is 11.1 Å². The molecule has 1 N–H and O–H groups in total. The molecular formula is C25H30N2O5. The first kappa shape index (κ1) is 23.3. The molecular weight excluding hydrogens is 408 g/mol. The third-order valence-corrected chi connectivity index (χ3v) is 5.52. The lowest BCUT2D eigenvalue weighted by molar-refractivity contribution is -0.145. The van der Waals surface area contributed by atoms with Crippen molar-refractivity contribution in [3.8, 4) is 11.5 Å². The van der Waals surface area contributed by atoms with Crippen molar-refractivity contribution in [3.63, 3.8) is 0 Å². The molecule has 2 atom stereocenters. The Kier molecular flexibility index (Phi) is 7.89. The summed E-state index contributed by atoms with van der Waals surface area (Å²) in [7, 11) is 4.47. The molecule has 1 aliphatic rings. The van der Waals surface area contributed by atoms with Crippen LogP contribution in [-0.4, -0.2) is 63.3 Å². The van der Waals surface area contributed by atoms with Crippen molar-refractivity contribution in [2.45, 2.75) is 25.4 Å². The average Bonchev–Trinajstić information content (AvgIpc) is 3.20. The number of hydrogen-bond acceptors (Lipinski definition) is 6. The molecule has 0 aromatic heterocycles. The van der Waals surface area contributed by atoms with Crippen LogP contribution in [-0.2, 0) is 9.53 Å². The number of nitrogens with one attached hydrogen (secondary N) is 1. The standard InChI is InChI=1S/C25H30N2O5/c1-17(12-18-8-6-5-7-9-18)15-27-16-20(14-21(27)25(29)32-4)26-24(28)19-10-11-22(30-2)23(13-19)31-3/h5-13,20-21H,14-16H2,1-4H3,(H,26,28)/t20-,21-/m0/s1. The highest BCUT2D eigenvalue weighted by Crippen LogP contribution is 2.28. The molecule has 0 bridgehead atoms. The molecule has 3 rings (SSSR count). The van der Waals surface area contributed by atoms with E-state index in [1.807, 2.05) is 37.3 Å². The zero-order chi connectivity index (χ0) is 23.1. The lowest BCUT2D eigenvalue weighted by atomic mass is 10.1. The number of rotatable bonds is 8. The molecule has 2 aromatic carbocycles. The van der Waals surface area contributed by atoms with Gasteiger partial charge in [0.05, 0.1) is 21.3 Å². The predicted molar refractivity (Wildman–Crippen MR) is 123 cm³/mol. The number of nitrogens with zero attached hydrogens (tertiary/aromatic N) is 1. The van der Waals surface area contributed by atoms with E-state index in [1.54, 1.807) is 25.3 Å². The summed E-state index contributed by atoms with van der Waals surface area (Å²) < 4.78 is 15.5. The summed E-state index contributed by atoms with van der Waals surface area (Å²) in [5.74, 6) is 0.531. The molecule has 0 aliphatic carbocycles. The number of carbonyl (C=O) groups is 2. The van der Waals surface area contributed by atoms with Gasteiger partial charge in [-0.15, -0.1) is 0 Å². The first-order valence-electron chi connectivity index (χ1n) is 10.5. The minimum atomic E-state index is -0.408. The molecule has 1 amide bonds. The number of benzene rings is 2. The molecule has 2 aromatic rings. The number of methoxy groups -OCH3 is 3. The first-order valence-corrected chi connectivity index (χ1v) is 10.5. The lowest BCUT2D eigenvalue weighted by Crippen LogP contribution is -2.39. The van der Waals surface area contributed by atoms with E-state index >= 15 is 0 Å². The Morgan fingerprint density at radius 2 is 1.78 bits per heavy atom. The van der Waals surface area contributed by atoms with Crippen molar-refractivity contribution in [3.05, 3.63) is 65.2 Å². The van der Waals surface area contributed by atoms with Gasteiger partial charge in [0, 0.05) is 24.7 Å². The molecule has 1 heterocycles. The zero-order valence-corrected chi connectivity index (χ0v) is 19.0. The second-order valence-electron chi connectivity index (χ2n) is 7.85. The number of ether oxygens (including phenoxy) is 3. The number of carbonyl (C=O) groups excluding carboxylic acids is 2. The number of likely N-dealkylation sites (tertiary alicyclic amines) is 1. The van der Waals surface area contributed by atoms with Crippen LogP contribution < -0.4 is 14.8 Å². The number of amides is 1. The summed E-state index contributed by atoms with van der Waals surface area (Å²) in [5, 5.41) is 3.04. The van der Waals surface area contributed by atoms with E-state index in [-0.39, 0.29) is 17.9 Å². The molecule has 0 radical (unpaired) electrons. The molecule has 170 valence electrons. The van der Waals surface area contributed by atoms with Gasteiger partial charge in [-0.25, -0.2) is 0 Å². The fourth-order valence-electron chi connectivity index (χ4n) is 4.01. The molecule has 0 spiro atoms. The topological polar surface area (TPSA) is 77.1 Å². The minimum Gasteiger partial charge on any atom is -0.493 e. The van der Waals surface area contributed by atoms with Gasteiger partial charge in [0.2, 0.25) is 0 Å². The van der Waals surface area contributed by atoms with Crippen molar-refractivity contribution < 1.29 is 23.8 Å². The van der Waals surface area contributed by atoms with Crippen LogP contribution in [0.15, 0.2) is 54.1 Å². The smallest absolute Gasteiger partial charge is 0.323 e. The normalized spacial score (nSPS) is 18.8. The summed E-state index contributed by atoms with van der Waals surface area (Å²) in [6.07, 6.45) is 2.59. The molecule has 1 aliphatic heterocycles. The summed E-state index contributed by atoms with van der Waals surface area (Å²) in [4.78, 5) is 27.3. The Morgan fingerprint density at radius 3 is 2.44 bits per heavy atom. The van der Waals surface area contributed by atoms with E-state index in [0.29, 0.717) is 36.6 Å². The Morgan fingerprint density at radius 1 is 1.06 bits per heavy atom. The quantitative estimate of drug-likeness (QED) is 0.638. The third-order valence-electron chi connectivity index (χ3n) is 5.52. The molecule has 7 nitrogen and oxygen atoms in total. The summed E-state index contributed by atoms with van der Waals surface area (Å²) in [5.41, 5.74) is 2.70. The fraction of sp³-hybridized carbons (Fsp3) is 0.360. The van der Waals surface area contributed by atoms with Crippen LogP contribution in [0.3, 0.4) is 0 Å². The van der Waals surface area contributed by atoms with Crippen LogP contribution in [0.4, 0.5) is 0 Å². The van der Waals surface area contributed by atoms with Crippen molar-refractivity contribution in [2.24, 2.45) is 0 Å². The average molecular weight is 439 g/mol. The second kappa shape index (κ2) is 10.8. The van der Waals surface area contributed by atoms with Crippen LogP contribution >= 0.6 is 0 Å². The van der Waals surface area contributed by atoms with Gasteiger partial charge in [-0.1, -0.05) is 42.0 Å². The summed E-state index contributed by atoms with van der Waals surface area (Å²) >= 11 is 0. The fourth-order valence-corrected chi connectivity index (χ4v) is 4.01. The van der Waals surface area contributed by atoms with E-state index in [1.165, 1.54) is 14.2 Å². The van der Waals surface area contributed by atoms with Gasteiger partial charge in [-0.2, -0.15) is 0 Å². The summed E-state index contributed by atoms with van der Waals surface area (Å²) in [6, 6.07) is 14.5. The van der Waals surface area contributed by atoms with Gasteiger partial charge in [0.1, 0.15) is 6.04 Å². The van der Waals surface area contributed by atoms with E-state index < -0.39 is 6.04 Å². The van der Waals surface area contributed by atoms with Gasteiger partial charge in [0.15, 0.2) is 11.5 Å². The molecule has 0 saturated carbocycles. The molecule has 0 unspecified atom stereocenters. The second-order valence-corrected chi connectivity index (χ2v) is 7.85. The van der Waals surface area contributed by atoms with Gasteiger partial charge in [0.25, 0.3) is 5.91 Å². The Bertz CT molecular complexity index is 974. The third kappa shape index (κ3) is 5.68. The summed E-state index contributed by atoms with van der Waals surface area (Å²) in [6.45, 7) is 3.20. The maximum atomic E-state index is 12.8. The maximum Gasteiger partial charge on any atom is 0.323 e. The van der Waals surface area contributed by atoms with Crippen LogP contribution in [0.25, 0.3) is 6.08 Å². The van der Waals surface area contributed by atoms with Crippen LogP contribution in [0.5, 0.6) is 11.5 Å². The van der Waals surface area contributed by atoms with Gasteiger partial charge < -0.3 is 19.5 Å². The Hall–Kier alpha value is -3.32. The van der Waals surface area contributed by atoms with Crippen molar-refractivity contribution >= 4 is 18.0 Å². The predicted octanol–water partition coefficient (Wildman–Crippen LogP) is 3.15. The van der Waals surface area contributed by atoms with E-state index in [9.17, 15) is 9.59 Å². The first-order chi connectivity index (χ1) is 15.4. The van der Waals surface area contributed by atoms with E-state index in [2.05, 4.69) is 16.3 Å². The monoisotopic (exact) mass is 438 g/mol. The highest BCUT2D eigenvalue weighted by molar-refractivity contribution is 5.95. The number of esters is 1. The zero-order valence-electron chi connectivity index (χ0n) is 19.0. The van der Waals surface area contributed by atoms with Crippen LogP contribution in [0, 0.1) is 0 Å². The van der Waals surface area contributed by atoms with Gasteiger partial charge in [-0.05, 0) is 37.1 Å². The minimum absolute atomic E-state index is 0.177. The molecule has 1 saturated heterocycles. The molecule has 32 heavy (non-hydrogen) atoms. The van der Waals surface area contributed by atoms with Gasteiger partial charge >= 0.3 is 5.97 Å². The van der Waals surface area contributed by atoms with Crippen LogP contribution in [0.2, 0.25) is 0 Å². The SMILES string of the molecule is COC(=O)[C@@H]1C[C@H](NC(=O)c2ccc(OC)c(OC)c2)CN1CC(C)=Cc1ccccc1. The highest BCUT2D eigenvalue weighted by Gasteiger charge is 2.38. The maximum absolute atomic E-state index is 12.8. The lowest BCUT2D eigenvalue weighted by Gasteiger charge is -2.22. The largest absolute Gasteiger partial charge is 0.493 e. The molecule has 1 fully saturated rings. The van der Waals surface area contributed by atoms with Crippen molar-refractivity contribution in [2.75, 3.05) is 34.4 Å². The van der Waals surface area contributed by atoms with Crippen LogP contribution in [0.1, 0.15) is 29.3 Å². The van der Waals surface area contributed by atoms with E-state index in [4.69, 9.17) is 14.2 Å².